The van der Waals surface area contributed by atoms with Crippen molar-refractivity contribution < 1.29 is 14.3 Å². The predicted molar refractivity (Wildman–Crippen MR) is 116 cm³/mol. The average molecular weight is 414 g/mol. The molecule has 0 saturated carbocycles. The number of nitrogens with one attached hydrogen (secondary N) is 1. The number of H-pyrrole nitrogens is 1. The monoisotopic (exact) mass is 414 g/mol. The van der Waals surface area contributed by atoms with Crippen molar-refractivity contribution in [1.29, 1.82) is 5.26 Å². The van der Waals surface area contributed by atoms with Gasteiger partial charge in [-0.05, 0) is 53.4 Å². The third-order valence-electron chi connectivity index (χ3n) is 6.01. The van der Waals surface area contributed by atoms with Crippen molar-refractivity contribution in [2.24, 2.45) is 5.92 Å². The number of benzene rings is 2. The predicted octanol–water partition coefficient (Wildman–Crippen LogP) is 5.16. The zero-order chi connectivity index (χ0) is 21.4. The molecule has 0 amide bonds. The van der Waals surface area contributed by atoms with Crippen molar-refractivity contribution in [3.05, 3.63) is 60.4 Å². The standard InChI is InChI=1S/C24H19FN4O2/c25-31-24(30)19-4-2-16-11-18(3-1-17(16)12-19)21-14-28-23-20(5-8-27-23)22(21)29-9-6-15(13-26)7-10-29/h1-5,8,11-12,14-15H,6-7,9-10H2,(H,27,28). The number of nitrogens with zero attached hydrogens (tertiary/aromatic N) is 3. The second kappa shape index (κ2) is 7.73. The lowest BCUT2D eigenvalue weighted by molar-refractivity contribution is -0.0787. The van der Waals surface area contributed by atoms with Crippen LogP contribution in [-0.4, -0.2) is 29.0 Å². The van der Waals surface area contributed by atoms with Crippen molar-refractivity contribution in [2.75, 3.05) is 18.0 Å². The molecule has 1 fully saturated rings. The summed E-state index contributed by atoms with van der Waals surface area (Å²) in [6.07, 6.45) is 5.45. The molecule has 1 N–H and O–H groups in total. The number of pyridine rings is 1. The summed E-state index contributed by atoms with van der Waals surface area (Å²) in [6.45, 7) is 1.63. The third kappa shape index (κ3) is 3.36. The fourth-order valence-electron chi connectivity index (χ4n) is 4.36. The fourth-order valence-corrected chi connectivity index (χ4v) is 4.36. The van der Waals surface area contributed by atoms with E-state index in [1.165, 1.54) is 0 Å². The van der Waals surface area contributed by atoms with Crippen molar-refractivity contribution in [3.8, 4) is 17.2 Å². The van der Waals surface area contributed by atoms with Crippen molar-refractivity contribution in [1.82, 2.24) is 9.97 Å². The van der Waals surface area contributed by atoms with Crippen molar-refractivity contribution >= 4 is 33.5 Å². The van der Waals surface area contributed by atoms with E-state index in [0.29, 0.717) is 0 Å². The Bertz CT molecular complexity index is 1330. The summed E-state index contributed by atoms with van der Waals surface area (Å²) in [5.41, 5.74) is 4.12. The molecule has 2 aromatic heterocycles. The van der Waals surface area contributed by atoms with Gasteiger partial charge in [0.25, 0.3) is 0 Å². The maximum absolute atomic E-state index is 12.2. The highest BCUT2D eigenvalue weighted by Gasteiger charge is 2.24. The zero-order valence-corrected chi connectivity index (χ0v) is 16.6. The van der Waals surface area contributed by atoms with Crippen LogP contribution in [0.2, 0.25) is 0 Å². The number of carbonyl (C=O) groups is 1. The molecular weight excluding hydrogens is 395 g/mol. The Morgan fingerprint density at radius 2 is 1.94 bits per heavy atom. The summed E-state index contributed by atoms with van der Waals surface area (Å²) in [7, 11) is 0. The van der Waals surface area contributed by atoms with Gasteiger partial charge in [0.05, 0.1) is 17.3 Å². The fraction of sp³-hybridized carbons (Fsp3) is 0.208. The number of carbonyl (C=O) groups excluding carboxylic acids is 1. The normalized spacial score (nSPS) is 14.6. The molecule has 0 aliphatic carbocycles. The number of hydrogen-bond acceptors (Lipinski definition) is 5. The van der Waals surface area contributed by atoms with Crippen LogP contribution in [0.25, 0.3) is 32.9 Å². The van der Waals surface area contributed by atoms with Gasteiger partial charge >= 0.3 is 5.97 Å². The van der Waals surface area contributed by atoms with Crippen molar-refractivity contribution in [2.45, 2.75) is 12.8 Å². The van der Waals surface area contributed by atoms with E-state index in [4.69, 9.17) is 0 Å². The van der Waals surface area contributed by atoms with Gasteiger partial charge in [0.2, 0.25) is 0 Å². The average Bonchev–Trinajstić information content (AvgIpc) is 3.31. The van der Waals surface area contributed by atoms with Crippen LogP contribution in [0, 0.1) is 17.2 Å². The zero-order valence-electron chi connectivity index (χ0n) is 16.6. The molecule has 0 radical (unpaired) electrons. The molecule has 0 unspecified atom stereocenters. The molecule has 1 saturated heterocycles. The summed E-state index contributed by atoms with van der Waals surface area (Å²) in [5, 5.41) is 12.1. The molecule has 1 aliphatic rings. The first kappa shape index (κ1) is 19.1. The number of rotatable bonds is 3. The molecule has 3 heterocycles. The third-order valence-corrected chi connectivity index (χ3v) is 6.01. The van der Waals surface area contributed by atoms with Crippen LogP contribution >= 0.6 is 0 Å². The van der Waals surface area contributed by atoms with Crippen LogP contribution in [-0.2, 0) is 4.94 Å². The Balaban J connectivity index is 1.60. The second-order valence-corrected chi connectivity index (χ2v) is 7.79. The van der Waals surface area contributed by atoms with Gasteiger partial charge in [-0.25, -0.2) is 14.7 Å². The van der Waals surface area contributed by atoms with E-state index < -0.39 is 5.97 Å². The maximum Gasteiger partial charge on any atom is 0.379 e. The Kier molecular flexibility index (Phi) is 4.75. The van der Waals surface area contributed by atoms with Gasteiger partial charge in [0, 0.05) is 46.9 Å². The molecule has 4 aromatic rings. The van der Waals surface area contributed by atoms with Crippen molar-refractivity contribution in [3.63, 3.8) is 0 Å². The number of anilines is 1. The second-order valence-electron chi connectivity index (χ2n) is 7.79. The molecule has 6 nitrogen and oxygen atoms in total. The Morgan fingerprint density at radius 3 is 2.71 bits per heavy atom. The lowest BCUT2D eigenvalue weighted by Crippen LogP contribution is -2.33. The van der Waals surface area contributed by atoms with Crippen LogP contribution in [0.15, 0.2) is 54.9 Å². The summed E-state index contributed by atoms with van der Waals surface area (Å²) in [4.78, 5) is 24.9. The quantitative estimate of drug-likeness (QED) is 0.500. The Labute approximate surface area is 177 Å². The van der Waals surface area contributed by atoms with Gasteiger partial charge in [0.15, 0.2) is 0 Å². The highest BCUT2D eigenvalue weighted by molar-refractivity contribution is 6.01. The number of hydrogen-bond donors (Lipinski definition) is 1. The molecule has 0 spiro atoms. The van der Waals surface area contributed by atoms with Gasteiger partial charge in [-0.1, -0.05) is 18.2 Å². The molecular formula is C24H19FN4O2. The molecule has 2 aromatic carbocycles. The number of aromatic nitrogens is 2. The number of aromatic amines is 1. The van der Waals surface area contributed by atoms with Gasteiger partial charge < -0.3 is 9.88 Å². The lowest BCUT2D eigenvalue weighted by Gasteiger charge is -2.33. The van der Waals surface area contributed by atoms with E-state index in [1.54, 1.807) is 18.2 Å². The molecule has 0 bridgehead atoms. The van der Waals surface area contributed by atoms with E-state index in [9.17, 15) is 14.6 Å². The number of fused-ring (bicyclic) bond motifs is 2. The lowest BCUT2D eigenvalue weighted by atomic mass is 9.95. The number of nitriles is 1. The Hall–Kier alpha value is -3.92. The first-order valence-corrected chi connectivity index (χ1v) is 10.2. The molecule has 154 valence electrons. The largest absolute Gasteiger partial charge is 0.379 e. The summed E-state index contributed by atoms with van der Waals surface area (Å²) in [5.74, 6) is -0.898. The van der Waals surface area contributed by atoms with E-state index in [-0.39, 0.29) is 11.5 Å². The van der Waals surface area contributed by atoms with E-state index in [1.807, 2.05) is 36.7 Å². The van der Waals surface area contributed by atoms with E-state index in [2.05, 4.69) is 25.9 Å². The van der Waals surface area contributed by atoms with Crippen LogP contribution in [0.3, 0.4) is 0 Å². The smallest absolute Gasteiger partial charge is 0.370 e. The minimum absolute atomic E-state index is 0.106. The van der Waals surface area contributed by atoms with Crippen LogP contribution in [0.4, 0.5) is 10.2 Å². The van der Waals surface area contributed by atoms with E-state index >= 15 is 0 Å². The molecule has 7 heteroatoms. The summed E-state index contributed by atoms with van der Waals surface area (Å²) in [6, 6.07) is 15.3. The topological polar surface area (TPSA) is 82.0 Å². The number of halogens is 1. The van der Waals surface area contributed by atoms with Gasteiger partial charge in [-0.2, -0.15) is 5.26 Å². The molecule has 0 atom stereocenters. The summed E-state index contributed by atoms with van der Waals surface area (Å²) < 4.78 is 12.2. The minimum atomic E-state index is -1.00. The molecule has 1 aliphatic heterocycles. The van der Waals surface area contributed by atoms with Gasteiger partial charge in [-0.3, -0.25) is 0 Å². The highest BCUT2D eigenvalue weighted by Crippen LogP contribution is 2.39. The minimum Gasteiger partial charge on any atom is -0.370 e. The van der Waals surface area contributed by atoms with Crippen LogP contribution < -0.4 is 4.90 Å². The summed E-state index contributed by atoms with van der Waals surface area (Å²) >= 11 is 0. The Morgan fingerprint density at radius 1 is 1.16 bits per heavy atom. The first-order valence-electron chi connectivity index (χ1n) is 10.2. The van der Waals surface area contributed by atoms with Gasteiger partial charge in [-0.15, -0.1) is 0 Å². The molecule has 5 rings (SSSR count). The maximum atomic E-state index is 12.2. The first-order chi connectivity index (χ1) is 15.2. The SMILES string of the molecule is N#CC1CCN(c2c(-c3ccc4cc(C(=O)OF)ccc4c3)cnc3[nH]ccc23)CC1. The molecule has 31 heavy (non-hydrogen) atoms. The van der Waals surface area contributed by atoms with Crippen LogP contribution in [0.1, 0.15) is 23.2 Å². The highest BCUT2D eigenvalue weighted by atomic mass is 19.3. The number of piperidine rings is 1. The van der Waals surface area contributed by atoms with Gasteiger partial charge in [0.1, 0.15) is 5.65 Å². The van der Waals surface area contributed by atoms with Crippen LogP contribution in [0.5, 0.6) is 0 Å². The van der Waals surface area contributed by atoms with E-state index in [0.717, 1.165) is 64.6 Å².